The van der Waals surface area contributed by atoms with Crippen molar-refractivity contribution >= 4 is 25.6 Å². The van der Waals surface area contributed by atoms with Gasteiger partial charge in [-0.3, -0.25) is 0 Å². The Labute approximate surface area is 96.1 Å². The van der Waals surface area contributed by atoms with E-state index in [9.17, 15) is 0 Å². The minimum absolute atomic E-state index is 0. The summed E-state index contributed by atoms with van der Waals surface area (Å²) in [7, 11) is 0. The fraction of sp³-hybridized carbons (Fsp3) is 0.727. The first-order chi connectivity index (χ1) is 6.27. The van der Waals surface area contributed by atoms with Gasteiger partial charge in [-0.25, -0.2) is 0 Å². The van der Waals surface area contributed by atoms with E-state index in [2.05, 4.69) is 24.9 Å². The molecule has 0 amide bonds. The zero-order valence-electron chi connectivity index (χ0n) is 9.84. The van der Waals surface area contributed by atoms with Crippen LogP contribution in [0, 0.1) is 0 Å². The van der Waals surface area contributed by atoms with Crippen LogP contribution in [0.4, 0.5) is 0 Å². The molecular weight excluding hydrogens is 189 g/mol. The first-order valence-electron chi connectivity index (χ1n) is 5.27. The third-order valence-electron chi connectivity index (χ3n) is 2.11. The van der Waals surface area contributed by atoms with Crippen LogP contribution >= 0.6 is 12.2 Å². The average molecular weight is 210 g/mol. The number of allylic oxidation sites excluding steroid dienone is 1. The van der Waals surface area contributed by atoms with Gasteiger partial charge >= 0.3 is 0 Å². The number of thiocarbonyl (C=S) groups is 1. The molecule has 1 heterocycles. The highest BCUT2D eigenvalue weighted by molar-refractivity contribution is 7.80. The maximum Gasteiger partial charge on any atom is 0.0822 e. The summed E-state index contributed by atoms with van der Waals surface area (Å²) >= 11 is 5.21. The van der Waals surface area contributed by atoms with Gasteiger partial charge in [-0.15, -0.1) is 0 Å². The second-order valence-electron chi connectivity index (χ2n) is 2.82. The van der Waals surface area contributed by atoms with Gasteiger partial charge in [-0.1, -0.05) is 38.6 Å². The molecule has 0 aromatic rings. The van der Waals surface area contributed by atoms with Crippen LogP contribution in [-0.2, 0) is 0 Å². The summed E-state index contributed by atoms with van der Waals surface area (Å²) in [5.74, 6) is 0. The Hall–Kier alpha value is -0.305. The van der Waals surface area contributed by atoms with Gasteiger partial charge in [0.25, 0.3) is 0 Å². The summed E-state index contributed by atoms with van der Waals surface area (Å²) in [5.41, 5.74) is 1.53. The molecule has 0 aromatic carbocycles. The summed E-state index contributed by atoms with van der Waals surface area (Å²) in [6.07, 6.45) is 5.62. The van der Waals surface area contributed by atoms with Crippen molar-refractivity contribution in [1.82, 2.24) is 4.90 Å². The molecule has 3 heteroatoms. The largest absolute Gasteiger partial charge is 0.343 e. The molecule has 1 nitrogen and oxygen atoms in total. The molecule has 0 N–H and O–H groups in total. The van der Waals surface area contributed by atoms with Gasteiger partial charge in [0.15, 0.2) is 0 Å². The lowest BCUT2D eigenvalue weighted by molar-refractivity contribution is 0.555. The lowest BCUT2D eigenvalue weighted by atomic mass is 10.1. The van der Waals surface area contributed by atoms with Crippen molar-refractivity contribution in [3.8, 4) is 0 Å². The number of nitrogens with zero attached hydrogens (tertiary/aromatic N) is 1. The summed E-state index contributed by atoms with van der Waals surface area (Å²) in [5, 5.41) is 0. The molecular formula is C11H21BNS. The van der Waals surface area contributed by atoms with E-state index in [4.69, 9.17) is 12.2 Å². The Morgan fingerprint density at radius 3 is 2.29 bits per heavy atom. The molecule has 0 bridgehead atoms. The molecule has 3 radical (unpaired) electrons. The van der Waals surface area contributed by atoms with Crippen molar-refractivity contribution < 1.29 is 0 Å². The minimum Gasteiger partial charge on any atom is -0.343 e. The molecule has 0 unspecified atom stereocenters. The van der Waals surface area contributed by atoms with Crippen LogP contribution in [0.3, 0.4) is 0 Å². The van der Waals surface area contributed by atoms with E-state index in [0.29, 0.717) is 0 Å². The molecule has 0 aliphatic carbocycles. The third kappa shape index (κ3) is 4.80. The van der Waals surface area contributed by atoms with Gasteiger partial charge in [-0.2, -0.15) is 0 Å². The fourth-order valence-electron chi connectivity index (χ4n) is 1.30. The smallest absolute Gasteiger partial charge is 0.0822 e. The topological polar surface area (TPSA) is 3.24 Å². The standard InChI is InChI=1S/C9H15NS.C2H6.B/c1-3-8-5-6-9(11)10(4-2)7-8;1-2;/h7H,3-6H2,1-2H3;1-2H3;. The molecule has 0 atom stereocenters. The van der Waals surface area contributed by atoms with Crippen molar-refractivity contribution in [2.75, 3.05) is 6.54 Å². The van der Waals surface area contributed by atoms with E-state index < -0.39 is 0 Å². The molecule has 0 spiro atoms. The number of hydrogen-bond acceptors (Lipinski definition) is 1. The van der Waals surface area contributed by atoms with Gasteiger partial charge in [0, 0.05) is 27.6 Å². The van der Waals surface area contributed by atoms with Gasteiger partial charge in [-0.05, 0) is 19.8 Å². The van der Waals surface area contributed by atoms with E-state index in [1.807, 2.05) is 13.8 Å². The Morgan fingerprint density at radius 1 is 1.29 bits per heavy atom. The van der Waals surface area contributed by atoms with Crippen molar-refractivity contribution in [2.24, 2.45) is 0 Å². The molecule has 0 saturated carbocycles. The van der Waals surface area contributed by atoms with Crippen LogP contribution in [0.15, 0.2) is 11.8 Å². The SMILES string of the molecule is CC.CCC1=CN(CC)C(=S)CC1.[B]. The Morgan fingerprint density at radius 2 is 1.86 bits per heavy atom. The zero-order valence-corrected chi connectivity index (χ0v) is 10.7. The van der Waals surface area contributed by atoms with Crippen LogP contribution in [0.5, 0.6) is 0 Å². The predicted molar refractivity (Wildman–Crippen MR) is 69.7 cm³/mol. The van der Waals surface area contributed by atoms with Crippen molar-refractivity contribution in [3.63, 3.8) is 0 Å². The predicted octanol–water partition coefficient (Wildman–Crippen LogP) is 3.37. The van der Waals surface area contributed by atoms with Crippen LogP contribution in [-0.4, -0.2) is 24.8 Å². The highest BCUT2D eigenvalue weighted by atomic mass is 32.1. The molecule has 14 heavy (non-hydrogen) atoms. The Balaban J connectivity index is 0. The van der Waals surface area contributed by atoms with E-state index in [0.717, 1.165) is 18.0 Å². The van der Waals surface area contributed by atoms with Crippen LogP contribution in [0.2, 0.25) is 0 Å². The normalized spacial score (nSPS) is 15.0. The highest BCUT2D eigenvalue weighted by Crippen LogP contribution is 2.18. The third-order valence-corrected chi connectivity index (χ3v) is 2.55. The molecule has 1 aliphatic heterocycles. The van der Waals surface area contributed by atoms with E-state index in [-0.39, 0.29) is 8.41 Å². The monoisotopic (exact) mass is 210 g/mol. The van der Waals surface area contributed by atoms with Crippen molar-refractivity contribution in [1.29, 1.82) is 0 Å². The van der Waals surface area contributed by atoms with Crippen molar-refractivity contribution in [3.05, 3.63) is 11.8 Å². The van der Waals surface area contributed by atoms with E-state index in [1.165, 1.54) is 18.4 Å². The van der Waals surface area contributed by atoms with Gasteiger partial charge in [0.05, 0.1) is 4.99 Å². The van der Waals surface area contributed by atoms with Gasteiger partial charge in [0.2, 0.25) is 0 Å². The summed E-state index contributed by atoms with van der Waals surface area (Å²) < 4.78 is 0. The molecule has 0 aromatic heterocycles. The van der Waals surface area contributed by atoms with Gasteiger partial charge < -0.3 is 4.90 Å². The minimum atomic E-state index is 0. The quantitative estimate of drug-likeness (QED) is 0.507. The molecule has 79 valence electrons. The number of rotatable bonds is 2. The Kier molecular flexibility index (Phi) is 10.7. The van der Waals surface area contributed by atoms with E-state index in [1.54, 1.807) is 0 Å². The van der Waals surface area contributed by atoms with Crippen LogP contribution in [0.25, 0.3) is 0 Å². The van der Waals surface area contributed by atoms with E-state index >= 15 is 0 Å². The first-order valence-corrected chi connectivity index (χ1v) is 5.67. The second-order valence-corrected chi connectivity index (χ2v) is 3.29. The average Bonchev–Trinajstić information content (AvgIpc) is 2.22. The maximum absolute atomic E-state index is 5.21. The van der Waals surface area contributed by atoms with Crippen molar-refractivity contribution in [2.45, 2.75) is 47.0 Å². The number of hydrogen-bond donors (Lipinski definition) is 0. The second kappa shape index (κ2) is 9.26. The highest BCUT2D eigenvalue weighted by Gasteiger charge is 2.11. The molecule has 0 saturated heterocycles. The molecule has 1 rings (SSSR count). The van der Waals surface area contributed by atoms with Crippen LogP contribution < -0.4 is 0 Å². The molecule has 0 fully saturated rings. The Bertz CT molecular complexity index is 190. The summed E-state index contributed by atoms with van der Waals surface area (Å²) in [6, 6.07) is 0. The van der Waals surface area contributed by atoms with Gasteiger partial charge in [0.1, 0.15) is 0 Å². The fourth-order valence-corrected chi connectivity index (χ4v) is 1.59. The molecule has 1 aliphatic rings. The maximum atomic E-state index is 5.21. The van der Waals surface area contributed by atoms with Crippen LogP contribution in [0.1, 0.15) is 47.0 Å². The summed E-state index contributed by atoms with van der Waals surface area (Å²) in [4.78, 5) is 3.28. The lowest BCUT2D eigenvalue weighted by Gasteiger charge is -2.25. The lowest BCUT2D eigenvalue weighted by Crippen LogP contribution is -2.27. The summed E-state index contributed by atoms with van der Waals surface area (Å²) in [6.45, 7) is 9.36. The first kappa shape index (κ1) is 16.1. The zero-order chi connectivity index (χ0) is 10.3.